The summed E-state index contributed by atoms with van der Waals surface area (Å²) in [5.74, 6) is 0. The Morgan fingerprint density at radius 3 is 2.82 bits per heavy atom. The number of nitrogens with two attached hydrogens (primary N) is 1. The van der Waals surface area contributed by atoms with Gasteiger partial charge >= 0.3 is 0 Å². The van der Waals surface area contributed by atoms with Crippen LogP contribution < -0.4 is 10.6 Å². The highest BCUT2D eigenvalue weighted by atomic mass is 16.3. The molecule has 1 atom stereocenters. The van der Waals surface area contributed by atoms with Crippen LogP contribution in [0.15, 0.2) is 30.5 Å². The maximum Gasteiger partial charge on any atom is 0.0745 e. The van der Waals surface area contributed by atoms with Crippen molar-refractivity contribution in [2.75, 3.05) is 24.3 Å². The molecule has 0 aliphatic rings. The third-order valence-corrected chi connectivity index (χ3v) is 3.05. The molecule has 90 valence electrons. The molecule has 1 heterocycles. The molecule has 0 saturated heterocycles. The molecule has 0 fully saturated rings. The van der Waals surface area contributed by atoms with Gasteiger partial charge in [0.05, 0.1) is 29.7 Å². The summed E-state index contributed by atoms with van der Waals surface area (Å²) < 4.78 is 0. The van der Waals surface area contributed by atoms with Crippen molar-refractivity contribution in [2.24, 2.45) is 0 Å². The second kappa shape index (κ2) is 4.59. The summed E-state index contributed by atoms with van der Waals surface area (Å²) in [6.45, 7) is 2.04. The van der Waals surface area contributed by atoms with Crippen LogP contribution in [0, 0.1) is 0 Å². The van der Waals surface area contributed by atoms with E-state index in [4.69, 9.17) is 5.73 Å². The normalized spacial score (nSPS) is 12.6. The van der Waals surface area contributed by atoms with E-state index >= 15 is 0 Å². The number of fused-ring (bicyclic) bond motifs is 1. The average Bonchev–Trinajstić information content (AvgIpc) is 2.37. The Bertz CT molecular complexity index is 527. The molecular weight excluding hydrogens is 214 g/mol. The van der Waals surface area contributed by atoms with Gasteiger partial charge in [0.25, 0.3) is 0 Å². The van der Waals surface area contributed by atoms with Gasteiger partial charge in [-0.15, -0.1) is 0 Å². The second-order valence-electron chi connectivity index (χ2n) is 4.22. The third kappa shape index (κ3) is 2.03. The van der Waals surface area contributed by atoms with Gasteiger partial charge in [0.2, 0.25) is 0 Å². The summed E-state index contributed by atoms with van der Waals surface area (Å²) in [6, 6.07) is 7.88. The fourth-order valence-corrected chi connectivity index (χ4v) is 1.88. The van der Waals surface area contributed by atoms with Gasteiger partial charge in [-0.1, -0.05) is 18.2 Å². The van der Waals surface area contributed by atoms with E-state index in [1.165, 1.54) is 0 Å². The number of aliphatic hydroxyl groups excluding tert-OH is 1. The molecular formula is C13H17N3O. The minimum absolute atomic E-state index is 0.0168. The smallest absolute Gasteiger partial charge is 0.0745 e. The summed E-state index contributed by atoms with van der Waals surface area (Å²) in [4.78, 5) is 6.28. The molecule has 1 unspecified atom stereocenters. The Morgan fingerprint density at radius 1 is 1.41 bits per heavy atom. The molecule has 1 aromatic heterocycles. The summed E-state index contributed by atoms with van der Waals surface area (Å²) in [6.07, 6.45) is 1.66. The molecule has 0 saturated carbocycles. The average molecular weight is 231 g/mol. The number of para-hydroxylation sites is 1. The van der Waals surface area contributed by atoms with Gasteiger partial charge in [0.15, 0.2) is 0 Å². The van der Waals surface area contributed by atoms with Gasteiger partial charge < -0.3 is 15.7 Å². The lowest BCUT2D eigenvalue weighted by molar-refractivity contribution is 0.270. The zero-order chi connectivity index (χ0) is 12.4. The zero-order valence-electron chi connectivity index (χ0n) is 10.1. The van der Waals surface area contributed by atoms with Gasteiger partial charge in [-0.2, -0.15) is 0 Å². The molecule has 0 spiro atoms. The van der Waals surface area contributed by atoms with Crippen molar-refractivity contribution in [3.05, 3.63) is 30.5 Å². The van der Waals surface area contributed by atoms with E-state index < -0.39 is 0 Å². The SMILES string of the molecule is CC(CO)N(C)c1c(N)cnc2ccccc12. The van der Waals surface area contributed by atoms with Crippen LogP contribution in [0.5, 0.6) is 0 Å². The Balaban J connectivity index is 2.62. The highest BCUT2D eigenvalue weighted by Crippen LogP contribution is 2.31. The number of pyridine rings is 1. The van der Waals surface area contributed by atoms with Crippen LogP contribution >= 0.6 is 0 Å². The van der Waals surface area contributed by atoms with Gasteiger partial charge in [0, 0.05) is 18.5 Å². The molecule has 0 aliphatic carbocycles. The quantitative estimate of drug-likeness (QED) is 0.843. The summed E-state index contributed by atoms with van der Waals surface area (Å²) in [5, 5.41) is 10.2. The first-order valence-corrected chi connectivity index (χ1v) is 5.62. The van der Waals surface area contributed by atoms with Gasteiger partial charge in [-0.3, -0.25) is 4.98 Å². The van der Waals surface area contributed by atoms with Crippen LogP contribution in [0.4, 0.5) is 11.4 Å². The van der Waals surface area contributed by atoms with Crippen molar-refractivity contribution < 1.29 is 5.11 Å². The van der Waals surface area contributed by atoms with E-state index in [0.717, 1.165) is 16.6 Å². The monoisotopic (exact) mass is 231 g/mol. The maximum absolute atomic E-state index is 9.23. The third-order valence-electron chi connectivity index (χ3n) is 3.05. The van der Waals surface area contributed by atoms with E-state index in [2.05, 4.69) is 4.98 Å². The van der Waals surface area contributed by atoms with Gasteiger partial charge in [0.1, 0.15) is 0 Å². The molecule has 17 heavy (non-hydrogen) atoms. The van der Waals surface area contributed by atoms with Crippen LogP contribution in [0.25, 0.3) is 10.9 Å². The molecule has 1 aromatic carbocycles. The predicted octanol–water partition coefficient (Wildman–Crippen LogP) is 1.63. The molecule has 0 bridgehead atoms. The van der Waals surface area contributed by atoms with Crippen molar-refractivity contribution in [1.29, 1.82) is 0 Å². The zero-order valence-corrected chi connectivity index (χ0v) is 10.1. The van der Waals surface area contributed by atoms with Crippen molar-refractivity contribution in [1.82, 2.24) is 4.98 Å². The number of likely N-dealkylation sites (N-methyl/N-ethyl adjacent to an activating group) is 1. The molecule has 0 radical (unpaired) electrons. The number of hydrogen-bond acceptors (Lipinski definition) is 4. The minimum atomic E-state index is 0.0168. The highest BCUT2D eigenvalue weighted by molar-refractivity contribution is 5.97. The minimum Gasteiger partial charge on any atom is -0.396 e. The maximum atomic E-state index is 9.23. The fraction of sp³-hybridized carbons (Fsp3) is 0.308. The van der Waals surface area contributed by atoms with Crippen LogP contribution in [0.2, 0.25) is 0 Å². The van der Waals surface area contributed by atoms with Crippen molar-refractivity contribution >= 4 is 22.3 Å². The first kappa shape index (κ1) is 11.7. The molecule has 4 nitrogen and oxygen atoms in total. The van der Waals surface area contributed by atoms with Crippen LogP contribution in [0.3, 0.4) is 0 Å². The summed E-state index contributed by atoms with van der Waals surface area (Å²) in [7, 11) is 1.93. The topological polar surface area (TPSA) is 62.4 Å². The van der Waals surface area contributed by atoms with Crippen molar-refractivity contribution in [3.63, 3.8) is 0 Å². The molecule has 3 N–H and O–H groups in total. The summed E-state index contributed by atoms with van der Waals surface area (Å²) in [5.41, 5.74) is 8.46. The van der Waals surface area contributed by atoms with Crippen LogP contribution in [-0.4, -0.2) is 29.8 Å². The number of rotatable bonds is 3. The van der Waals surface area contributed by atoms with Gasteiger partial charge in [-0.25, -0.2) is 0 Å². The second-order valence-corrected chi connectivity index (χ2v) is 4.22. The molecule has 2 rings (SSSR count). The fourth-order valence-electron chi connectivity index (χ4n) is 1.88. The number of aromatic nitrogens is 1. The number of anilines is 2. The van der Waals surface area contributed by atoms with E-state index in [1.54, 1.807) is 6.20 Å². The Kier molecular flexibility index (Phi) is 3.15. The number of benzene rings is 1. The number of hydrogen-bond donors (Lipinski definition) is 2. The molecule has 4 heteroatoms. The highest BCUT2D eigenvalue weighted by Gasteiger charge is 2.15. The van der Waals surface area contributed by atoms with E-state index in [9.17, 15) is 5.11 Å². The predicted molar refractivity (Wildman–Crippen MR) is 71.1 cm³/mol. The van der Waals surface area contributed by atoms with Crippen LogP contribution in [0.1, 0.15) is 6.92 Å². The first-order chi connectivity index (χ1) is 8.15. The van der Waals surface area contributed by atoms with E-state index in [-0.39, 0.29) is 12.6 Å². The number of aliphatic hydroxyl groups is 1. The Hall–Kier alpha value is -1.81. The molecule has 0 aliphatic heterocycles. The Morgan fingerprint density at radius 2 is 2.12 bits per heavy atom. The standard InChI is InChI=1S/C13H17N3O/c1-9(8-17)16(2)13-10-5-3-4-6-12(10)15-7-11(13)14/h3-7,9,17H,8,14H2,1-2H3. The largest absolute Gasteiger partial charge is 0.396 e. The summed E-state index contributed by atoms with van der Waals surface area (Å²) >= 11 is 0. The first-order valence-electron chi connectivity index (χ1n) is 5.62. The van der Waals surface area contributed by atoms with Gasteiger partial charge in [-0.05, 0) is 13.0 Å². The molecule has 0 amide bonds. The van der Waals surface area contributed by atoms with Crippen molar-refractivity contribution in [3.8, 4) is 0 Å². The number of nitrogens with zero attached hydrogens (tertiary/aromatic N) is 2. The van der Waals surface area contributed by atoms with E-state index in [0.29, 0.717) is 5.69 Å². The lowest BCUT2D eigenvalue weighted by Crippen LogP contribution is -2.32. The van der Waals surface area contributed by atoms with Crippen LogP contribution in [-0.2, 0) is 0 Å². The lowest BCUT2D eigenvalue weighted by atomic mass is 10.1. The van der Waals surface area contributed by atoms with E-state index in [1.807, 2.05) is 43.1 Å². The Labute approximate surface area is 101 Å². The molecule has 2 aromatic rings. The number of nitrogen functional groups attached to an aromatic ring is 1. The van der Waals surface area contributed by atoms with Crippen molar-refractivity contribution in [2.45, 2.75) is 13.0 Å². The lowest BCUT2D eigenvalue weighted by Gasteiger charge is -2.27.